The third-order valence-corrected chi connectivity index (χ3v) is 2.60. The lowest BCUT2D eigenvalue weighted by molar-refractivity contribution is 0.317. The van der Waals surface area contributed by atoms with E-state index in [9.17, 15) is 0 Å². The number of benzene rings is 1. The summed E-state index contributed by atoms with van der Waals surface area (Å²) in [6.07, 6.45) is 2.95. The number of hydrogen-bond acceptors (Lipinski definition) is 4. The summed E-state index contributed by atoms with van der Waals surface area (Å²) in [5.41, 5.74) is 6.44. The molecule has 0 fully saturated rings. The van der Waals surface area contributed by atoms with Crippen molar-refractivity contribution in [1.29, 1.82) is 5.26 Å². The summed E-state index contributed by atoms with van der Waals surface area (Å²) >= 11 is 4.87. The fourth-order valence-corrected chi connectivity index (χ4v) is 1.53. The number of hydrazone groups is 1. The highest BCUT2D eigenvalue weighted by molar-refractivity contribution is 7.80. The van der Waals surface area contributed by atoms with Gasteiger partial charge in [0, 0.05) is 0 Å². The molecule has 1 rings (SSSR count). The van der Waals surface area contributed by atoms with Gasteiger partial charge >= 0.3 is 0 Å². The van der Waals surface area contributed by atoms with Crippen LogP contribution in [0.5, 0.6) is 5.75 Å². The molecule has 20 heavy (non-hydrogen) atoms. The molecule has 0 saturated heterocycles. The Bertz CT molecular complexity index is 493. The maximum Gasteiger partial charge on any atom is 0.186 e. The first kappa shape index (κ1) is 15.9. The van der Waals surface area contributed by atoms with E-state index in [1.165, 1.54) is 5.01 Å². The van der Waals surface area contributed by atoms with Gasteiger partial charge in [-0.25, -0.2) is 5.01 Å². The first-order valence-corrected chi connectivity index (χ1v) is 6.79. The van der Waals surface area contributed by atoms with Gasteiger partial charge in [0.2, 0.25) is 0 Å². The van der Waals surface area contributed by atoms with Crippen molar-refractivity contribution in [3.8, 4) is 11.8 Å². The van der Waals surface area contributed by atoms with Crippen molar-refractivity contribution in [2.24, 2.45) is 10.8 Å². The Morgan fingerprint density at radius 2 is 2.20 bits per heavy atom. The number of nitrogens with zero attached hydrogens (tertiary/aromatic N) is 3. The predicted molar refractivity (Wildman–Crippen MR) is 83.5 cm³/mol. The molecule has 0 unspecified atom stereocenters. The van der Waals surface area contributed by atoms with Crippen LogP contribution in [0.15, 0.2) is 29.4 Å². The van der Waals surface area contributed by atoms with Crippen LogP contribution < -0.4 is 10.5 Å². The number of ether oxygens (including phenoxy) is 1. The molecule has 0 radical (unpaired) electrons. The monoisotopic (exact) mass is 290 g/mol. The number of nitrogens with two attached hydrogens (primary N) is 1. The third kappa shape index (κ3) is 5.67. The zero-order valence-corrected chi connectivity index (χ0v) is 12.3. The van der Waals surface area contributed by atoms with E-state index in [2.05, 4.69) is 12.0 Å². The fraction of sp³-hybridized carbons (Fsp3) is 0.357. The van der Waals surface area contributed by atoms with Crippen LogP contribution in [0, 0.1) is 11.3 Å². The Hall–Kier alpha value is -2.13. The van der Waals surface area contributed by atoms with Crippen molar-refractivity contribution < 1.29 is 4.74 Å². The molecule has 0 heterocycles. The second-order valence-corrected chi connectivity index (χ2v) is 4.45. The number of rotatable bonds is 7. The van der Waals surface area contributed by atoms with Crippen molar-refractivity contribution in [3.63, 3.8) is 0 Å². The molecule has 0 aliphatic heterocycles. The normalized spacial score (nSPS) is 10.2. The smallest absolute Gasteiger partial charge is 0.186 e. The summed E-state index contributed by atoms with van der Waals surface area (Å²) in [7, 11) is 0. The maximum atomic E-state index is 8.56. The molecule has 0 saturated carbocycles. The summed E-state index contributed by atoms with van der Waals surface area (Å²) in [5.74, 6) is 0.833. The standard InChI is InChI=1S/C14H18N4OS/c1-2-10-19-13-6-4-12(5-7-13)11-17-18(14(16)20)9-3-8-15/h4-7,11H,2-3,9-10H2,1H3,(H2,16,20)/b17-11+. The quantitative estimate of drug-likeness (QED) is 0.473. The number of hydrogen-bond donors (Lipinski definition) is 1. The van der Waals surface area contributed by atoms with E-state index >= 15 is 0 Å². The Kier molecular flexibility index (Phi) is 7.07. The Balaban J connectivity index is 2.63. The molecule has 0 amide bonds. The van der Waals surface area contributed by atoms with E-state index in [0.29, 0.717) is 19.6 Å². The summed E-state index contributed by atoms with van der Waals surface area (Å²) in [6, 6.07) is 9.60. The molecule has 6 heteroatoms. The van der Waals surface area contributed by atoms with Gasteiger partial charge in [-0.3, -0.25) is 0 Å². The lowest BCUT2D eigenvalue weighted by Gasteiger charge is -2.14. The van der Waals surface area contributed by atoms with Gasteiger partial charge in [0.25, 0.3) is 0 Å². The fourth-order valence-electron chi connectivity index (χ4n) is 1.39. The highest BCUT2D eigenvalue weighted by Crippen LogP contribution is 2.11. The minimum atomic E-state index is 0.152. The zero-order valence-electron chi connectivity index (χ0n) is 11.5. The van der Waals surface area contributed by atoms with E-state index < -0.39 is 0 Å². The zero-order chi connectivity index (χ0) is 14.8. The van der Waals surface area contributed by atoms with Gasteiger partial charge < -0.3 is 10.5 Å². The summed E-state index contributed by atoms with van der Waals surface area (Å²) in [4.78, 5) is 0. The largest absolute Gasteiger partial charge is 0.494 e. The van der Waals surface area contributed by atoms with Gasteiger partial charge in [-0.05, 0) is 48.5 Å². The van der Waals surface area contributed by atoms with Crippen molar-refractivity contribution in [2.75, 3.05) is 13.2 Å². The van der Waals surface area contributed by atoms with Crippen molar-refractivity contribution in [3.05, 3.63) is 29.8 Å². The molecule has 1 aromatic carbocycles. The Labute approximate surface area is 124 Å². The summed E-state index contributed by atoms with van der Waals surface area (Å²) in [5, 5.41) is 14.3. The Morgan fingerprint density at radius 3 is 2.75 bits per heavy atom. The van der Waals surface area contributed by atoms with Crippen molar-refractivity contribution in [1.82, 2.24) is 5.01 Å². The van der Waals surface area contributed by atoms with Crippen molar-refractivity contribution in [2.45, 2.75) is 19.8 Å². The molecule has 1 aromatic rings. The summed E-state index contributed by atoms with van der Waals surface area (Å²) < 4.78 is 5.50. The summed E-state index contributed by atoms with van der Waals surface area (Å²) in [6.45, 7) is 3.16. The van der Waals surface area contributed by atoms with E-state index in [0.717, 1.165) is 17.7 Å². The van der Waals surface area contributed by atoms with E-state index in [-0.39, 0.29) is 5.11 Å². The van der Waals surface area contributed by atoms with Crippen LogP contribution in [0.2, 0.25) is 0 Å². The molecule has 5 nitrogen and oxygen atoms in total. The van der Waals surface area contributed by atoms with Gasteiger partial charge in [-0.1, -0.05) is 6.92 Å². The van der Waals surface area contributed by atoms with Crippen LogP contribution in [0.1, 0.15) is 25.3 Å². The van der Waals surface area contributed by atoms with Crippen LogP contribution in [0.25, 0.3) is 0 Å². The minimum absolute atomic E-state index is 0.152. The number of nitriles is 1. The first-order valence-electron chi connectivity index (χ1n) is 6.38. The highest BCUT2D eigenvalue weighted by atomic mass is 32.1. The van der Waals surface area contributed by atoms with Crippen molar-refractivity contribution >= 4 is 23.5 Å². The molecule has 0 aliphatic carbocycles. The average Bonchev–Trinajstić information content (AvgIpc) is 2.46. The van der Waals surface area contributed by atoms with E-state index in [4.69, 9.17) is 28.0 Å². The lowest BCUT2D eigenvalue weighted by Crippen LogP contribution is -2.31. The molecule has 0 aliphatic rings. The lowest BCUT2D eigenvalue weighted by atomic mass is 10.2. The first-order chi connectivity index (χ1) is 9.67. The second kappa shape index (κ2) is 8.88. The van der Waals surface area contributed by atoms with Crippen LogP contribution in [-0.4, -0.2) is 29.5 Å². The average molecular weight is 290 g/mol. The Morgan fingerprint density at radius 1 is 1.50 bits per heavy atom. The SMILES string of the molecule is CCCOc1ccc(/C=N/N(CCC#N)C(N)=S)cc1. The van der Waals surface area contributed by atoms with Gasteiger partial charge in [-0.2, -0.15) is 10.4 Å². The van der Waals surface area contributed by atoms with Gasteiger partial charge in [0.05, 0.1) is 31.9 Å². The topological polar surface area (TPSA) is 74.6 Å². The predicted octanol–water partition coefficient (Wildman–Crippen LogP) is 2.27. The molecule has 106 valence electrons. The van der Waals surface area contributed by atoms with Gasteiger partial charge in [-0.15, -0.1) is 0 Å². The van der Waals surface area contributed by atoms with Crippen LogP contribution in [-0.2, 0) is 0 Å². The van der Waals surface area contributed by atoms with Gasteiger partial charge in [0.1, 0.15) is 5.75 Å². The third-order valence-electron chi connectivity index (χ3n) is 2.39. The maximum absolute atomic E-state index is 8.56. The molecule has 0 aromatic heterocycles. The van der Waals surface area contributed by atoms with E-state index in [1.807, 2.05) is 30.3 Å². The van der Waals surface area contributed by atoms with Crippen LogP contribution in [0.4, 0.5) is 0 Å². The minimum Gasteiger partial charge on any atom is -0.494 e. The molecular weight excluding hydrogens is 272 g/mol. The molecular formula is C14H18N4OS. The van der Waals surface area contributed by atoms with Crippen LogP contribution in [0.3, 0.4) is 0 Å². The van der Waals surface area contributed by atoms with E-state index in [1.54, 1.807) is 6.21 Å². The molecule has 0 bridgehead atoms. The number of thiocarbonyl (C=S) groups is 1. The molecule has 2 N–H and O–H groups in total. The molecule has 0 atom stereocenters. The molecule has 0 spiro atoms. The van der Waals surface area contributed by atoms with Gasteiger partial charge in [0.15, 0.2) is 5.11 Å². The van der Waals surface area contributed by atoms with Crippen LogP contribution >= 0.6 is 12.2 Å². The second-order valence-electron chi connectivity index (χ2n) is 4.03. The highest BCUT2D eigenvalue weighted by Gasteiger charge is 2.02.